The Balaban J connectivity index is 2.10. The van der Waals surface area contributed by atoms with Crippen LogP contribution in [0.1, 0.15) is 16.7 Å². The molecule has 0 radical (unpaired) electrons. The molecule has 0 atom stereocenters. The third kappa shape index (κ3) is 3.38. The fourth-order valence-electron chi connectivity index (χ4n) is 1.71. The Morgan fingerprint density at radius 1 is 0.944 bits per heavy atom. The summed E-state index contributed by atoms with van der Waals surface area (Å²) in [6.07, 6.45) is 4.93. The Hall–Kier alpha value is -1.24. The molecule has 0 nitrogen and oxygen atoms in total. The van der Waals surface area contributed by atoms with E-state index in [0.29, 0.717) is 10.0 Å². The first-order chi connectivity index (χ1) is 8.66. The molecule has 0 spiro atoms. The van der Waals surface area contributed by atoms with Crippen LogP contribution in [0.5, 0.6) is 0 Å². The Bertz CT molecular complexity index is 534. The van der Waals surface area contributed by atoms with E-state index in [1.165, 1.54) is 11.1 Å². The zero-order valence-corrected chi connectivity index (χ0v) is 11.7. The van der Waals surface area contributed by atoms with Crippen LogP contribution in [0.4, 0.5) is 0 Å². The van der Waals surface area contributed by atoms with Crippen molar-refractivity contribution in [3.63, 3.8) is 0 Å². The van der Waals surface area contributed by atoms with Crippen molar-refractivity contribution >= 4 is 29.3 Å². The van der Waals surface area contributed by atoms with E-state index in [2.05, 4.69) is 37.3 Å². The lowest BCUT2D eigenvalue weighted by molar-refractivity contribution is 1.26. The first-order valence-corrected chi connectivity index (χ1v) is 6.58. The van der Waals surface area contributed by atoms with Gasteiger partial charge in [0.2, 0.25) is 0 Å². The average Bonchev–Trinajstić information content (AvgIpc) is 2.35. The van der Waals surface area contributed by atoms with Gasteiger partial charge in [0.25, 0.3) is 0 Å². The molecule has 92 valence electrons. The van der Waals surface area contributed by atoms with E-state index in [1.54, 1.807) is 0 Å². The van der Waals surface area contributed by atoms with Crippen molar-refractivity contribution in [2.45, 2.75) is 13.3 Å². The molecule has 0 bridgehead atoms. The molecule has 0 unspecified atom stereocenters. The minimum Gasteiger partial charge on any atom is -0.0836 e. The number of allylic oxidation sites excluding steroid dienone is 1. The van der Waals surface area contributed by atoms with E-state index in [9.17, 15) is 0 Å². The smallest absolute Gasteiger partial charge is 0.0493 e. The van der Waals surface area contributed by atoms with Gasteiger partial charge in [0, 0.05) is 15.6 Å². The number of rotatable bonds is 3. The lowest BCUT2D eigenvalue weighted by Crippen LogP contribution is -1.82. The maximum absolute atomic E-state index is 6.10. The summed E-state index contributed by atoms with van der Waals surface area (Å²) in [5, 5.41) is 1.37. The van der Waals surface area contributed by atoms with E-state index in [0.717, 1.165) is 12.0 Å². The molecule has 2 heteroatoms. The lowest BCUT2D eigenvalue weighted by Gasteiger charge is -2.01. The van der Waals surface area contributed by atoms with Gasteiger partial charge in [-0.3, -0.25) is 0 Å². The van der Waals surface area contributed by atoms with Crippen LogP contribution in [0, 0.1) is 6.92 Å². The molecule has 18 heavy (non-hydrogen) atoms. The first-order valence-electron chi connectivity index (χ1n) is 5.83. The minimum absolute atomic E-state index is 0.683. The third-order valence-electron chi connectivity index (χ3n) is 2.76. The number of benzene rings is 2. The van der Waals surface area contributed by atoms with Gasteiger partial charge in [-0.2, -0.15) is 0 Å². The topological polar surface area (TPSA) is 0 Å². The standard InChI is InChI=1S/C16H14Cl2/c1-12-8-10-13(11-9-12)4-2-5-14-15(17)6-3-7-16(14)18/h2-3,5-11H,4H2,1H3. The van der Waals surface area contributed by atoms with Crippen molar-refractivity contribution in [3.05, 3.63) is 75.3 Å². The van der Waals surface area contributed by atoms with Crippen molar-refractivity contribution < 1.29 is 0 Å². The normalized spacial score (nSPS) is 11.1. The summed E-state index contributed by atoms with van der Waals surface area (Å²) >= 11 is 12.2. The van der Waals surface area contributed by atoms with Crippen molar-refractivity contribution in [3.8, 4) is 0 Å². The predicted molar refractivity (Wildman–Crippen MR) is 80.4 cm³/mol. The summed E-state index contributed by atoms with van der Waals surface area (Å²) < 4.78 is 0. The molecule has 0 aliphatic rings. The lowest BCUT2D eigenvalue weighted by atomic mass is 10.1. The van der Waals surface area contributed by atoms with Gasteiger partial charge in [0.1, 0.15) is 0 Å². The predicted octanol–water partition coefficient (Wildman–Crippen LogP) is 5.56. The van der Waals surface area contributed by atoms with Crippen LogP contribution in [0.25, 0.3) is 6.08 Å². The number of aryl methyl sites for hydroxylation is 1. The largest absolute Gasteiger partial charge is 0.0836 e. The molecule has 0 aliphatic heterocycles. The summed E-state index contributed by atoms with van der Waals surface area (Å²) in [7, 11) is 0. The molecule has 0 fully saturated rings. The van der Waals surface area contributed by atoms with Gasteiger partial charge in [-0.1, -0.05) is 71.2 Å². The molecule has 2 aromatic carbocycles. The second-order valence-corrected chi connectivity index (χ2v) is 5.04. The molecule has 0 aromatic heterocycles. The van der Waals surface area contributed by atoms with Crippen LogP contribution in [-0.2, 0) is 6.42 Å². The van der Waals surface area contributed by atoms with Crippen LogP contribution in [0.3, 0.4) is 0 Å². The summed E-state index contributed by atoms with van der Waals surface area (Å²) in [6.45, 7) is 2.09. The van der Waals surface area contributed by atoms with Gasteiger partial charge >= 0.3 is 0 Å². The van der Waals surface area contributed by atoms with Crippen molar-refractivity contribution in [1.82, 2.24) is 0 Å². The summed E-state index contributed by atoms with van der Waals surface area (Å²) in [5.74, 6) is 0. The molecule has 0 saturated carbocycles. The van der Waals surface area contributed by atoms with Gasteiger partial charge < -0.3 is 0 Å². The van der Waals surface area contributed by atoms with Crippen LogP contribution >= 0.6 is 23.2 Å². The summed E-state index contributed by atoms with van der Waals surface area (Å²) in [4.78, 5) is 0. The van der Waals surface area contributed by atoms with E-state index < -0.39 is 0 Å². The van der Waals surface area contributed by atoms with Gasteiger partial charge in [0.05, 0.1) is 0 Å². The molecule has 0 heterocycles. The van der Waals surface area contributed by atoms with Crippen molar-refractivity contribution in [1.29, 1.82) is 0 Å². The fourth-order valence-corrected chi connectivity index (χ4v) is 2.23. The second-order valence-electron chi connectivity index (χ2n) is 4.23. The van der Waals surface area contributed by atoms with E-state index in [4.69, 9.17) is 23.2 Å². The molecule has 2 rings (SSSR count). The van der Waals surface area contributed by atoms with Crippen LogP contribution in [0.2, 0.25) is 10.0 Å². The number of halogens is 2. The zero-order valence-electron chi connectivity index (χ0n) is 10.2. The van der Waals surface area contributed by atoms with Gasteiger partial charge in [-0.05, 0) is 31.0 Å². The molecule has 0 saturated heterocycles. The Morgan fingerprint density at radius 3 is 2.17 bits per heavy atom. The SMILES string of the molecule is Cc1ccc(CC=Cc2c(Cl)cccc2Cl)cc1. The highest BCUT2D eigenvalue weighted by atomic mass is 35.5. The van der Waals surface area contributed by atoms with Crippen LogP contribution in [-0.4, -0.2) is 0 Å². The Labute approximate surface area is 118 Å². The molecule has 0 N–H and O–H groups in total. The maximum Gasteiger partial charge on any atom is 0.0493 e. The van der Waals surface area contributed by atoms with E-state index >= 15 is 0 Å². The summed E-state index contributed by atoms with van der Waals surface area (Å²) in [5.41, 5.74) is 3.44. The number of hydrogen-bond acceptors (Lipinski definition) is 0. The van der Waals surface area contributed by atoms with Gasteiger partial charge in [-0.25, -0.2) is 0 Å². The third-order valence-corrected chi connectivity index (χ3v) is 3.42. The van der Waals surface area contributed by atoms with Gasteiger partial charge in [0.15, 0.2) is 0 Å². The van der Waals surface area contributed by atoms with Crippen LogP contribution < -0.4 is 0 Å². The highest BCUT2D eigenvalue weighted by Crippen LogP contribution is 2.25. The van der Waals surface area contributed by atoms with Gasteiger partial charge in [-0.15, -0.1) is 0 Å². The average molecular weight is 277 g/mol. The van der Waals surface area contributed by atoms with E-state index in [-0.39, 0.29) is 0 Å². The quantitative estimate of drug-likeness (QED) is 0.689. The van der Waals surface area contributed by atoms with Crippen molar-refractivity contribution in [2.24, 2.45) is 0 Å². The number of hydrogen-bond donors (Lipinski definition) is 0. The van der Waals surface area contributed by atoms with Crippen molar-refractivity contribution in [2.75, 3.05) is 0 Å². The second kappa shape index (κ2) is 6.08. The molecule has 0 amide bonds. The highest BCUT2D eigenvalue weighted by molar-refractivity contribution is 6.37. The zero-order chi connectivity index (χ0) is 13.0. The summed E-state index contributed by atoms with van der Waals surface area (Å²) in [6, 6.07) is 14.0. The monoisotopic (exact) mass is 276 g/mol. The maximum atomic E-state index is 6.10. The minimum atomic E-state index is 0.683. The molecular weight excluding hydrogens is 263 g/mol. The molecule has 2 aromatic rings. The fraction of sp³-hybridized carbons (Fsp3) is 0.125. The first kappa shape index (κ1) is 13.2. The molecule has 0 aliphatic carbocycles. The molecular formula is C16H14Cl2. The van der Waals surface area contributed by atoms with Crippen LogP contribution in [0.15, 0.2) is 48.5 Å². The highest BCUT2D eigenvalue weighted by Gasteiger charge is 2.00. The van der Waals surface area contributed by atoms with E-state index in [1.807, 2.05) is 24.3 Å². The Kier molecular flexibility index (Phi) is 4.46. The Morgan fingerprint density at radius 2 is 1.56 bits per heavy atom.